The van der Waals surface area contributed by atoms with Crippen LogP contribution >= 0.6 is 0 Å². The summed E-state index contributed by atoms with van der Waals surface area (Å²) < 4.78 is 0. The highest BCUT2D eigenvalue weighted by atomic mass is 14.6. The van der Waals surface area contributed by atoms with Gasteiger partial charge >= 0.3 is 0 Å². The van der Waals surface area contributed by atoms with Crippen molar-refractivity contribution in [2.75, 3.05) is 0 Å². The van der Waals surface area contributed by atoms with Crippen molar-refractivity contribution < 1.29 is 0 Å². The van der Waals surface area contributed by atoms with Crippen LogP contribution in [-0.4, -0.2) is 4.98 Å². The molecule has 1 rings (SSSR count). The Morgan fingerprint density at radius 1 is 1.46 bits per heavy atom. The lowest BCUT2D eigenvalue weighted by Crippen LogP contribution is -1.84. The smallest absolute Gasteiger partial charge is 0.0342 e. The Bertz CT molecular complexity index is 251. The first-order valence-corrected chi connectivity index (χ1v) is 4.92. The lowest BCUT2D eigenvalue weighted by molar-refractivity contribution is 0.735. The van der Waals surface area contributed by atoms with Crippen molar-refractivity contribution >= 4 is 5.57 Å². The molecule has 0 aliphatic heterocycles. The zero-order valence-corrected chi connectivity index (χ0v) is 8.29. The predicted octanol–water partition coefficient (Wildman–Crippen LogP) is 3.68. The van der Waals surface area contributed by atoms with E-state index in [1.54, 1.807) is 6.20 Å². The van der Waals surface area contributed by atoms with Crippen molar-refractivity contribution in [1.82, 2.24) is 4.98 Å². The van der Waals surface area contributed by atoms with Gasteiger partial charge in [-0.05, 0) is 30.0 Å². The summed E-state index contributed by atoms with van der Waals surface area (Å²) in [5.74, 6) is 0. The third kappa shape index (κ3) is 3.41. The van der Waals surface area contributed by atoms with Gasteiger partial charge in [0.05, 0.1) is 0 Å². The van der Waals surface area contributed by atoms with Gasteiger partial charge in [-0.25, -0.2) is 0 Å². The number of pyridine rings is 1. The molecule has 1 aromatic heterocycles. The van der Waals surface area contributed by atoms with Crippen LogP contribution in [0.15, 0.2) is 31.1 Å². The van der Waals surface area contributed by atoms with Gasteiger partial charge in [0.2, 0.25) is 0 Å². The van der Waals surface area contributed by atoms with Crippen LogP contribution in [0, 0.1) is 0 Å². The molecule has 0 aromatic carbocycles. The second-order valence-electron chi connectivity index (χ2n) is 3.30. The largest absolute Gasteiger partial charge is 0.264 e. The quantitative estimate of drug-likeness (QED) is 0.622. The van der Waals surface area contributed by atoms with Crippen LogP contribution in [0.3, 0.4) is 0 Å². The summed E-state index contributed by atoms with van der Waals surface area (Å²) in [4.78, 5) is 4.07. The van der Waals surface area contributed by atoms with E-state index in [-0.39, 0.29) is 0 Å². The molecule has 0 saturated heterocycles. The van der Waals surface area contributed by atoms with Gasteiger partial charge in [0.15, 0.2) is 0 Å². The van der Waals surface area contributed by atoms with Crippen LogP contribution in [0.2, 0.25) is 0 Å². The van der Waals surface area contributed by atoms with E-state index in [0.717, 1.165) is 6.42 Å². The van der Waals surface area contributed by atoms with Gasteiger partial charge in [0.25, 0.3) is 0 Å². The highest BCUT2D eigenvalue weighted by Gasteiger charge is 1.97. The minimum absolute atomic E-state index is 1.10. The molecule has 1 aromatic rings. The molecule has 0 aliphatic rings. The maximum absolute atomic E-state index is 4.07. The normalized spacial score (nSPS) is 9.92. The molecule has 0 N–H and O–H groups in total. The fourth-order valence-corrected chi connectivity index (χ4v) is 1.30. The summed E-state index contributed by atoms with van der Waals surface area (Å²) in [6.45, 7) is 6.27. The first-order chi connectivity index (χ1) is 6.34. The van der Waals surface area contributed by atoms with Crippen LogP contribution < -0.4 is 0 Å². The molecule has 13 heavy (non-hydrogen) atoms. The Morgan fingerprint density at radius 2 is 2.31 bits per heavy atom. The molecule has 1 heterocycles. The van der Waals surface area contributed by atoms with E-state index < -0.39 is 0 Å². The van der Waals surface area contributed by atoms with Crippen molar-refractivity contribution in [2.45, 2.75) is 32.6 Å². The van der Waals surface area contributed by atoms with E-state index in [1.807, 2.05) is 12.3 Å². The Kier molecular flexibility index (Phi) is 4.24. The molecule has 0 saturated carbocycles. The summed E-state index contributed by atoms with van der Waals surface area (Å²) in [5.41, 5.74) is 2.39. The van der Waals surface area contributed by atoms with Crippen molar-refractivity contribution in [2.24, 2.45) is 0 Å². The molecule has 0 atom stereocenters. The highest BCUT2D eigenvalue weighted by Crippen LogP contribution is 2.17. The van der Waals surface area contributed by atoms with Gasteiger partial charge in [-0.3, -0.25) is 4.98 Å². The predicted molar refractivity (Wildman–Crippen MR) is 57.4 cm³/mol. The number of allylic oxidation sites excluding steroid dienone is 1. The summed E-state index contributed by atoms with van der Waals surface area (Å²) in [5, 5.41) is 0. The summed E-state index contributed by atoms with van der Waals surface area (Å²) >= 11 is 0. The van der Waals surface area contributed by atoms with Gasteiger partial charge in [0, 0.05) is 12.4 Å². The molecule has 0 aliphatic carbocycles. The van der Waals surface area contributed by atoms with Gasteiger partial charge in [-0.1, -0.05) is 32.4 Å². The van der Waals surface area contributed by atoms with Crippen molar-refractivity contribution in [1.29, 1.82) is 0 Å². The van der Waals surface area contributed by atoms with E-state index in [0.29, 0.717) is 0 Å². The fourth-order valence-electron chi connectivity index (χ4n) is 1.30. The molecule has 0 spiro atoms. The third-order valence-corrected chi connectivity index (χ3v) is 2.15. The summed E-state index contributed by atoms with van der Waals surface area (Å²) in [6.07, 6.45) is 8.57. The monoisotopic (exact) mass is 175 g/mol. The summed E-state index contributed by atoms with van der Waals surface area (Å²) in [7, 11) is 0. The van der Waals surface area contributed by atoms with E-state index in [2.05, 4.69) is 24.6 Å². The lowest BCUT2D eigenvalue weighted by atomic mass is 10.0. The zero-order valence-electron chi connectivity index (χ0n) is 8.29. The van der Waals surface area contributed by atoms with Crippen molar-refractivity contribution in [3.8, 4) is 0 Å². The highest BCUT2D eigenvalue weighted by molar-refractivity contribution is 5.62. The number of rotatable bonds is 5. The Labute approximate surface area is 80.5 Å². The van der Waals surface area contributed by atoms with Crippen LogP contribution in [0.25, 0.3) is 5.57 Å². The molecule has 1 heteroatoms. The van der Waals surface area contributed by atoms with Crippen LogP contribution in [-0.2, 0) is 0 Å². The second kappa shape index (κ2) is 5.52. The number of hydrogen-bond donors (Lipinski definition) is 0. The maximum Gasteiger partial charge on any atom is 0.0342 e. The topological polar surface area (TPSA) is 12.9 Å². The van der Waals surface area contributed by atoms with Gasteiger partial charge < -0.3 is 0 Å². The second-order valence-corrected chi connectivity index (χ2v) is 3.30. The van der Waals surface area contributed by atoms with E-state index >= 15 is 0 Å². The SMILES string of the molecule is C=C(CCCCC)c1cccnc1. The third-order valence-electron chi connectivity index (χ3n) is 2.15. The molecule has 0 fully saturated rings. The van der Waals surface area contributed by atoms with Gasteiger partial charge in [0.1, 0.15) is 0 Å². The first kappa shape index (κ1) is 9.97. The molecule has 0 amide bonds. The first-order valence-electron chi connectivity index (χ1n) is 4.92. The number of unbranched alkanes of at least 4 members (excludes halogenated alkanes) is 2. The maximum atomic E-state index is 4.07. The molecule has 1 nitrogen and oxygen atoms in total. The molecule has 0 unspecified atom stereocenters. The number of aromatic nitrogens is 1. The summed E-state index contributed by atoms with van der Waals surface area (Å²) in [6, 6.07) is 4.03. The van der Waals surface area contributed by atoms with Crippen molar-refractivity contribution in [3.63, 3.8) is 0 Å². The molecule has 0 bridgehead atoms. The molecular weight excluding hydrogens is 158 g/mol. The Hall–Kier alpha value is -1.11. The Morgan fingerprint density at radius 3 is 2.92 bits per heavy atom. The van der Waals surface area contributed by atoms with Crippen LogP contribution in [0.4, 0.5) is 0 Å². The van der Waals surface area contributed by atoms with Crippen LogP contribution in [0.1, 0.15) is 38.2 Å². The average molecular weight is 175 g/mol. The van der Waals surface area contributed by atoms with Crippen molar-refractivity contribution in [3.05, 3.63) is 36.7 Å². The fraction of sp³-hybridized carbons (Fsp3) is 0.417. The lowest BCUT2D eigenvalue weighted by Gasteiger charge is -2.03. The average Bonchev–Trinajstić information content (AvgIpc) is 2.19. The Balaban J connectivity index is 2.40. The minimum Gasteiger partial charge on any atom is -0.264 e. The minimum atomic E-state index is 1.10. The van der Waals surface area contributed by atoms with Gasteiger partial charge in [-0.15, -0.1) is 0 Å². The van der Waals surface area contributed by atoms with E-state index in [4.69, 9.17) is 0 Å². The molecular formula is C12H17N. The standard InChI is InChI=1S/C12H17N/c1-3-4-5-7-11(2)12-8-6-9-13-10-12/h6,8-10H,2-5,7H2,1H3. The zero-order chi connectivity index (χ0) is 9.52. The molecule has 0 radical (unpaired) electrons. The van der Waals surface area contributed by atoms with E-state index in [9.17, 15) is 0 Å². The molecule has 70 valence electrons. The number of nitrogens with zero attached hydrogens (tertiary/aromatic N) is 1. The van der Waals surface area contributed by atoms with Crippen LogP contribution in [0.5, 0.6) is 0 Å². The van der Waals surface area contributed by atoms with E-state index in [1.165, 1.54) is 30.4 Å². The number of hydrogen-bond acceptors (Lipinski definition) is 1. The van der Waals surface area contributed by atoms with Gasteiger partial charge in [-0.2, -0.15) is 0 Å².